The lowest BCUT2D eigenvalue weighted by atomic mass is 10.2. The predicted octanol–water partition coefficient (Wildman–Crippen LogP) is 5.39. The van der Waals surface area contributed by atoms with Crippen LogP contribution in [0.15, 0.2) is 82.6 Å². The van der Waals surface area contributed by atoms with Gasteiger partial charge in [0.1, 0.15) is 5.76 Å². The maximum atomic E-state index is 12.9. The average Bonchev–Trinajstić information content (AvgIpc) is 3.45. The van der Waals surface area contributed by atoms with Gasteiger partial charge in [-0.1, -0.05) is 41.6 Å². The SMILES string of the molecule is CCN(C(=O)CSc1nnc(-c2ccc(Cl)cc2)n1Cc1ccco1)c1ccccc1. The first-order valence-electron chi connectivity index (χ1n) is 9.85. The highest BCUT2D eigenvalue weighted by molar-refractivity contribution is 7.99. The first-order valence-corrected chi connectivity index (χ1v) is 11.2. The van der Waals surface area contributed by atoms with E-state index in [0.717, 1.165) is 17.0 Å². The summed E-state index contributed by atoms with van der Waals surface area (Å²) in [7, 11) is 0. The van der Waals surface area contributed by atoms with Crippen molar-refractivity contribution in [3.63, 3.8) is 0 Å². The fourth-order valence-electron chi connectivity index (χ4n) is 3.22. The Hall–Kier alpha value is -3.03. The Balaban J connectivity index is 1.57. The summed E-state index contributed by atoms with van der Waals surface area (Å²) in [5.41, 5.74) is 1.77. The molecule has 4 rings (SSSR count). The third-order valence-electron chi connectivity index (χ3n) is 4.72. The highest BCUT2D eigenvalue weighted by atomic mass is 35.5. The van der Waals surface area contributed by atoms with Gasteiger partial charge in [0.2, 0.25) is 5.91 Å². The van der Waals surface area contributed by atoms with Crippen LogP contribution in [-0.4, -0.2) is 33.0 Å². The van der Waals surface area contributed by atoms with Gasteiger partial charge in [-0.3, -0.25) is 9.36 Å². The predicted molar refractivity (Wildman–Crippen MR) is 123 cm³/mol. The Bertz CT molecular complexity index is 1130. The topological polar surface area (TPSA) is 64.2 Å². The van der Waals surface area contributed by atoms with Gasteiger partial charge < -0.3 is 9.32 Å². The van der Waals surface area contributed by atoms with Gasteiger partial charge in [-0.2, -0.15) is 0 Å². The molecule has 0 fully saturated rings. The zero-order chi connectivity index (χ0) is 21.6. The summed E-state index contributed by atoms with van der Waals surface area (Å²) in [5.74, 6) is 1.74. The molecule has 0 aliphatic heterocycles. The molecule has 0 aliphatic carbocycles. The van der Waals surface area contributed by atoms with Crippen molar-refractivity contribution in [3.05, 3.63) is 83.8 Å². The number of carbonyl (C=O) groups excluding carboxylic acids is 1. The van der Waals surface area contributed by atoms with E-state index >= 15 is 0 Å². The molecule has 0 saturated carbocycles. The van der Waals surface area contributed by atoms with Gasteiger partial charge in [-0.05, 0) is 55.5 Å². The summed E-state index contributed by atoms with van der Waals surface area (Å²) < 4.78 is 7.49. The van der Waals surface area contributed by atoms with Gasteiger partial charge in [0.25, 0.3) is 0 Å². The number of furan rings is 1. The van der Waals surface area contributed by atoms with E-state index in [4.69, 9.17) is 16.0 Å². The smallest absolute Gasteiger partial charge is 0.237 e. The number of anilines is 1. The van der Waals surface area contributed by atoms with Crippen molar-refractivity contribution in [1.82, 2.24) is 14.8 Å². The van der Waals surface area contributed by atoms with Gasteiger partial charge in [0.05, 0.1) is 18.6 Å². The zero-order valence-corrected chi connectivity index (χ0v) is 18.5. The fourth-order valence-corrected chi connectivity index (χ4v) is 4.16. The van der Waals surface area contributed by atoms with Crippen molar-refractivity contribution in [3.8, 4) is 11.4 Å². The lowest BCUT2D eigenvalue weighted by Gasteiger charge is -2.20. The molecule has 0 N–H and O–H groups in total. The number of amides is 1. The Morgan fingerprint density at radius 3 is 2.52 bits per heavy atom. The van der Waals surface area contributed by atoms with Crippen LogP contribution in [0.25, 0.3) is 11.4 Å². The van der Waals surface area contributed by atoms with Crippen LogP contribution in [0.2, 0.25) is 5.02 Å². The number of hydrogen-bond acceptors (Lipinski definition) is 5. The molecule has 2 heterocycles. The first kappa shape index (κ1) is 21.2. The molecule has 2 aromatic carbocycles. The Labute approximate surface area is 189 Å². The number of para-hydroxylation sites is 1. The van der Waals surface area contributed by atoms with Crippen molar-refractivity contribution in [2.75, 3.05) is 17.2 Å². The first-order chi connectivity index (χ1) is 15.2. The number of benzene rings is 2. The van der Waals surface area contributed by atoms with Crippen LogP contribution in [0.1, 0.15) is 12.7 Å². The molecule has 0 aliphatic rings. The van der Waals surface area contributed by atoms with Crippen LogP contribution in [0.3, 0.4) is 0 Å². The highest BCUT2D eigenvalue weighted by Gasteiger charge is 2.19. The summed E-state index contributed by atoms with van der Waals surface area (Å²) in [6.07, 6.45) is 1.64. The van der Waals surface area contributed by atoms with Crippen molar-refractivity contribution in [2.45, 2.75) is 18.6 Å². The molecule has 4 aromatic rings. The number of carbonyl (C=O) groups is 1. The molecule has 0 bridgehead atoms. The number of hydrogen-bond donors (Lipinski definition) is 0. The van der Waals surface area contributed by atoms with E-state index in [1.165, 1.54) is 11.8 Å². The van der Waals surface area contributed by atoms with E-state index in [1.807, 2.05) is 78.2 Å². The average molecular weight is 453 g/mol. The molecular formula is C23H21ClN4O2S. The molecule has 31 heavy (non-hydrogen) atoms. The molecule has 0 spiro atoms. The third kappa shape index (κ3) is 5.00. The Kier molecular flexibility index (Phi) is 6.74. The van der Waals surface area contributed by atoms with E-state index in [0.29, 0.717) is 29.1 Å². The third-order valence-corrected chi connectivity index (χ3v) is 5.93. The molecule has 0 unspecified atom stereocenters. The second-order valence-electron chi connectivity index (χ2n) is 6.74. The largest absolute Gasteiger partial charge is 0.467 e. The van der Waals surface area contributed by atoms with Crippen molar-refractivity contribution in [2.24, 2.45) is 0 Å². The maximum absolute atomic E-state index is 12.9. The van der Waals surface area contributed by atoms with Crippen LogP contribution in [0.5, 0.6) is 0 Å². The van der Waals surface area contributed by atoms with Gasteiger partial charge in [0.15, 0.2) is 11.0 Å². The zero-order valence-electron chi connectivity index (χ0n) is 16.9. The minimum Gasteiger partial charge on any atom is -0.467 e. The van der Waals surface area contributed by atoms with E-state index in [9.17, 15) is 4.79 Å². The number of nitrogens with zero attached hydrogens (tertiary/aromatic N) is 4. The second-order valence-corrected chi connectivity index (χ2v) is 8.12. The summed E-state index contributed by atoms with van der Waals surface area (Å²) in [4.78, 5) is 14.7. The highest BCUT2D eigenvalue weighted by Crippen LogP contribution is 2.27. The van der Waals surface area contributed by atoms with E-state index in [1.54, 1.807) is 11.2 Å². The second kappa shape index (κ2) is 9.85. The fraction of sp³-hybridized carbons (Fsp3) is 0.174. The number of rotatable bonds is 8. The maximum Gasteiger partial charge on any atom is 0.237 e. The van der Waals surface area contributed by atoms with Crippen LogP contribution in [0, 0.1) is 0 Å². The lowest BCUT2D eigenvalue weighted by Crippen LogP contribution is -2.32. The van der Waals surface area contributed by atoms with Gasteiger partial charge in [0, 0.05) is 22.8 Å². The summed E-state index contributed by atoms with van der Waals surface area (Å²) in [5, 5.41) is 10.0. The molecule has 0 atom stereocenters. The molecule has 0 radical (unpaired) electrons. The Morgan fingerprint density at radius 2 is 1.84 bits per heavy atom. The summed E-state index contributed by atoms with van der Waals surface area (Å²) >= 11 is 7.40. The van der Waals surface area contributed by atoms with E-state index in [-0.39, 0.29) is 11.7 Å². The van der Waals surface area contributed by atoms with E-state index in [2.05, 4.69) is 10.2 Å². The Morgan fingerprint density at radius 1 is 1.06 bits per heavy atom. The van der Waals surface area contributed by atoms with Crippen molar-refractivity contribution < 1.29 is 9.21 Å². The van der Waals surface area contributed by atoms with Crippen molar-refractivity contribution in [1.29, 1.82) is 0 Å². The van der Waals surface area contributed by atoms with Crippen molar-refractivity contribution >= 4 is 35.0 Å². The number of halogens is 1. The molecule has 1 amide bonds. The molecule has 0 saturated heterocycles. The molecular weight excluding hydrogens is 432 g/mol. The van der Waals surface area contributed by atoms with Crippen LogP contribution >= 0.6 is 23.4 Å². The molecule has 6 nitrogen and oxygen atoms in total. The van der Waals surface area contributed by atoms with E-state index < -0.39 is 0 Å². The standard InChI is InChI=1S/C23H21ClN4O2S/c1-2-27(19-7-4-3-5-8-19)21(29)16-31-23-26-25-22(17-10-12-18(24)13-11-17)28(23)15-20-9-6-14-30-20/h3-14H,2,15-16H2,1H3. The number of thioether (sulfide) groups is 1. The number of aromatic nitrogens is 3. The molecule has 2 aromatic heterocycles. The normalized spacial score (nSPS) is 10.9. The van der Waals surface area contributed by atoms with Gasteiger partial charge in [-0.25, -0.2) is 0 Å². The minimum absolute atomic E-state index is 0.0132. The summed E-state index contributed by atoms with van der Waals surface area (Å²) in [6.45, 7) is 3.02. The molecule has 8 heteroatoms. The monoisotopic (exact) mass is 452 g/mol. The van der Waals surface area contributed by atoms with Gasteiger partial charge in [-0.15, -0.1) is 10.2 Å². The molecule has 158 valence electrons. The van der Waals surface area contributed by atoms with Crippen LogP contribution in [-0.2, 0) is 11.3 Å². The van der Waals surface area contributed by atoms with Crippen LogP contribution < -0.4 is 4.90 Å². The summed E-state index contributed by atoms with van der Waals surface area (Å²) in [6, 6.07) is 20.8. The lowest BCUT2D eigenvalue weighted by molar-refractivity contribution is -0.116. The van der Waals surface area contributed by atoms with Gasteiger partial charge >= 0.3 is 0 Å². The quantitative estimate of drug-likeness (QED) is 0.335. The van der Waals surface area contributed by atoms with Crippen LogP contribution in [0.4, 0.5) is 5.69 Å². The minimum atomic E-state index is 0.0132.